The minimum atomic E-state index is 0.0894. The molecule has 0 spiro atoms. The molecule has 2 aliphatic rings. The van der Waals surface area contributed by atoms with E-state index in [1.807, 2.05) is 0 Å². The van der Waals surface area contributed by atoms with E-state index in [1.54, 1.807) is 33.5 Å². The first-order valence-electron chi connectivity index (χ1n) is 8.15. The largest absolute Gasteiger partial charge is 0.493 e. The summed E-state index contributed by atoms with van der Waals surface area (Å²) in [4.78, 5) is 15.4. The molecule has 3 rings (SSSR count). The Morgan fingerprint density at radius 3 is 1.96 bits per heavy atom. The van der Waals surface area contributed by atoms with Crippen molar-refractivity contribution in [1.82, 2.24) is 4.90 Å². The zero-order valence-electron chi connectivity index (χ0n) is 14.3. The molecule has 2 atom stereocenters. The third kappa shape index (κ3) is 2.78. The highest BCUT2D eigenvalue weighted by Gasteiger charge is 2.41. The Hall–Kier alpha value is -1.75. The minimum absolute atomic E-state index is 0.0894. The molecule has 23 heavy (non-hydrogen) atoms. The van der Waals surface area contributed by atoms with Crippen LogP contribution in [0.5, 0.6) is 17.2 Å². The smallest absolute Gasteiger partial charge is 0.203 e. The summed E-state index contributed by atoms with van der Waals surface area (Å²) in [5.74, 6) is 1.87. The summed E-state index contributed by atoms with van der Waals surface area (Å²) >= 11 is 0. The lowest BCUT2D eigenvalue weighted by Crippen LogP contribution is -2.42. The lowest BCUT2D eigenvalue weighted by molar-refractivity contribution is 0.0766. The van der Waals surface area contributed by atoms with E-state index >= 15 is 0 Å². The second-order valence-electron chi connectivity index (χ2n) is 6.50. The predicted octanol–water partition coefficient (Wildman–Crippen LogP) is 2.77. The third-order valence-corrected chi connectivity index (χ3v) is 5.42. The van der Waals surface area contributed by atoms with Gasteiger partial charge in [-0.25, -0.2) is 0 Å². The molecule has 126 valence electrons. The van der Waals surface area contributed by atoms with Crippen molar-refractivity contribution in [3.8, 4) is 17.2 Å². The third-order valence-electron chi connectivity index (χ3n) is 5.42. The van der Waals surface area contributed by atoms with Crippen molar-refractivity contribution in [2.45, 2.75) is 37.8 Å². The number of piperidine rings is 1. The number of methoxy groups -OCH3 is 3. The van der Waals surface area contributed by atoms with E-state index in [1.165, 1.54) is 12.8 Å². The number of Topliss-reactive ketones (excluding diaryl/α,β-unsaturated/α-hetero) is 1. The summed E-state index contributed by atoms with van der Waals surface area (Å²) in [6.45, 7) is 0. The molecule has 5 heteroatoms. The van der Waals surface area contributed by atoms with Gasteiger partial charge in [-0.1, -0.05) is 0 Å². The lowest BCUT2D eigenvalue weighted by Gasteiger charge is -2.35. The van der Waals surface area contributed by atoms with Crippen LogP contribution in [0, 0.1) is 5.92 Å². The topological polar surface area (TPSA) is 48.0 Å². The van der Waals surface area contributed by atoms with Gasteiger partial charge in [-0.2, -0.15) is 0 Å². The molecule has 2 aliphatic heterocycles. The van der Waals surface area contributed by atoms with Crippen LogP contribution < -0.4 is 14.2 Å². The van der Waals surface area contributed by atoms with Crippen LogP contribution in [0.25, 0.3) is 0 Å². The fourth-order valence-electron chi connectivity index (χ4n) is 4.08. The molecule has 0 saturated carbocycles. The second-order valence-corrected chi connectivity index (χ2v) is 6.50. The van der Waals surface area contributed by atoms with Crippen molar-refractivity contribution < 1.29 is 19.0 Å². The maximum absolute atomic E-state index is 13.0. The van der Waals surface area contributed by atoms with Gasteiger partial charge in [0.05, 0.1) is 21.3 Å². The van der Waals surface area contributed by atoms with Crippen molar-refractivity contribution in [3.63, 3.8) is 0 Å². The Morgan fingerprint density at radius 2 is 1.52 bits per heavy atom. The summed E-state index contributed by atoms with van der Waals surface area (Å²) in [7, 11) is 6.89. The van der Waals surface area contributed by atoms with Gasteiger partial charge < -0.3 is 19.1 Å². The Labute approximate surface area is 137 Å². The van der Waals surface area contributed by atoms with Gasteiger partial charge in [-0.15, -0.1) is 0 Å². The number of ether oxygens (including phenoxy) is 3. The van der Waals surface area contributed by atoms with Crippen molar-refractivity contribution in [1.29, 1.82) is 0 Å². The molecule has 5 nitrogen and oxygen atoms in total. The molecule has 2 saturated heterocycles. The number of benzene rings is 1. The highest BCUT2D eigenvalue weighted by molar-refractivity contribution is 5.99. The fourth-order valence-corrected chi connectivity index (χ4v) is 4.08. The van der Waals surface area contributed by atoms with E-state index in [0.717, 1.165) is 12.8 Å². The average Bonchev–Trinajstić information content (AvgIpc) is 2.79. The van der Waals surface area contributed by atoms with Crippen molar-refractivity contribution in [3.05, 3.63) is 17.7 Å². The first kappa shape index (κ1) is 16.1. The molecular weight excluding hydrogens is 294 g/mol. The van der Waals surface area contributed by atoms with Gasteiger partial charge >= 0.3 is 0 Å². The molecule has 0 aliphatic carbocycles. The van der Waals surface area contributed by atoms with E-state index in [0.29, 0.717) is 34.9 Å². The first-order valence-corrected chi connectivity index (χ1v) is 8.15. The molecular formula is C18H25NO4. The first-order chi connectivity index (χ1) is 11.1. The van der Waals surface area contributed by atoms with E-state index in [2.05, 4.69) is 11.9 Å². The Balaban J connectivity index is 1.88. The van der Waals surface area contributed by atoms with Crippen LogP contribution in [0.4, 0.5) is 0 Å². The SMILES string of the molecule is COc1cc(C(=O)C2CC3CCC(C2)N3C)cc(OC)c1OC. The van der Waals surface area contributed by atoms with Gasteiger partial charge in [-0.3, -0.25) is 4.79 Å². The molecule has 1 aromatic carbocycles. The second kappa shape index (κ2) is 6.40. The van der Waals surface area contributed by atoms with Crippen LogP contribution in [-0.2, 0) is 0 Å². The number of carbonyl (C=O) groups is 1. The van der Waals surface area contributed by atoms with E-state index in [4.69, 9.17) is 14.2 Å². The molecule has 0 amide bonds. The predicted molar refractivity (Wildman–Crippen MR) is 87.7 cm³/mol. The highest BCUT2D eigenvalue weighted by atomic mass is 16.5. The molecule has 0 N–H and O–H groups in total. The summed E-state index contributed by atoms with van der Waals surface area (Å²) < 4.78 is 16.1. The fraction of sp³-hybridized carbons (Fsp3) is 0.611. The Bertz CT molecular complexity index is 562. The zero-order valence-corrected chi connectivity index (χ0v) is 14.3. The van der Waals surface area contributed by atoms with Crippen LogP contribution >= 0.6 is 0 Å². The van der Waals surface area contributed by atoms with Gasteiger partial charge in [0.1, 0.15) is 0 Å². The number of hydrogen-bond donors (Lipinski definition) is 0. The molecule has 2 bridgehead atoms. The van der Waals surface area contributed by atoms with E-state index in [-0.39, 0.29) is 11.7 Å². The monoisotopic (exact) mass is 319 g/mol. The van der Waals surface area contributed by atoms with Gasteiger partial charge in [0.2, 0.25) is 5.75 Å². The standard InChI is InChI=1S/C18H25NO4/c1-19-13-5-6-14(19)8-11(7-13)17(20)12-9-15(21-2)18(23-4)16(10-12)22-3/h9-11,13-14H,5-8H2,1-4H3. The molecule has 0 radical (unpaired) electrons. The quantitative estimate of drug-likeness (QED) is 0.781. The number of rotatable bonds is 5. The summed E-state index contributed by atoms with van der Waals surface area (Å²) in [6.07, 6.45) is 4.31. The van der Waals surface area contributed by atoms with Crippen molar-refractivity contribution in [2.24, 2.45) is 5.92 Å². The summed E-state index contributed by atoms with van der Waals surface area (Å²) in [5, 5.41) is 0. The maximum Gasteiger partial charge on any atom is 0.203 e. The van der Waals surface area contributed by atoms with Gasteiger partial charge in [-0.05, 0) is 44.9 Å². The molecule has 1 aromatic rings. The Kier molecular flexibility index (Phi) is 4.48. The van der Waals surface area contributed by atoms with Crippen LogP contribution in [0.3, 0.4) is 0 Å². The van der Waals surface area contributed by atoms with Gasteiger partial charge in [0, 0.05) is 23.6 Å². The summed E-state index contributed by atoms with van der Waals surface area (Å²) in [5.41, 5.74) is 0.647. The lowest BCUT2D eigenvalue weighted by atomic mass is 9.85. The number of ketones is 1. The number of hydrogen-bond acceptors (Lipinski definition) is 5. The van der Waals surface area contributed by atoms with Crippen LogP contribution in [0.1, 0.15) is 36.0 Å². The normalized spacial score (nSPS) is 26.9. The van der Waals surface area contributed by atoms with Crippen molar-refractivity contribution >= 4 is 5.78 Å². The maximum atomic E-state index is 13.0. The number of fused-ring (bicyclic) bond motifs is 2. The van der Waals surface area contributed by atoms with Gasteiger partial charge in [0.25, 0.3) is 0 Å². The van der Waals surface area contributed by atoms with Crippen LogP contribution in [-0.4, -0.2) is 51.1 Å². The summed E-state index contributed by atoms with van der Waals surface area (Å²) in [6, 6.07) is 4.63. The average molecular weight is 319 g/mol. The minimum Gasteiger partial charge on any atom is -0.493 e. The molecule has 2 unspecified atom stereocenters. The number of carbonyl (C=O) groups excluding carboxylic acids is 1. The molecule has 2 heterocycles. The Morgan fingerprint density at radius 1 is 1.00 bits per heavy atom. The number of nitrogens with zero attached hydrogens (tertiary/aromatic N) is 1. The van der Waals surface area contributed by atoms with Crippen molar-refractivity contribution in [2.75, 3.05) is 28.4 Å². The zero-order chi connectivity index (χ0) is 16.6. The van der Waals surface area contributed by atoms with E-state index in [9.17, 15) is 4.79 Å². The van der Waals surface area contributed by atoms with Gasteiger partial charge in [0.15, 0.2) is 17.3 Å². The van der Waals surface area contributed by atoms with E-state index < -0.39 is 0 Å². The van der Waals surface area contributed by atoms with Crippen LogP contribution in [0.2, 0.25) is 0 Å². The molecule has 2 fully saturated rings. The molecule has 0 aromatic heterocycles. The van der Waals surface area contributed by atoms with Crippen LogP contribution in [0.15, 0.2) is 12.1 Å². The highest BCUT2D eigenvalue weighted by Crippen LogP contribution is 2.42.